The summed E-state index contributed by atoms with van der Waals surface area (Å²) in [4.78, 5) is 0. The summed E-state index contributed by atoms with van der Waals surface area (Å²) in [6, 6.07) is 8.71. The van der Waals surface area contributed by atoms with E-state index in [1.54, 1.807) is 24.3 Å². The van der Waals surface area contributed by atoms with Crippen LogP contribution in [0.1, 0.15) is 0 Å². The highest BCUT2D eigenvalue weighted by Crippen LogP contribution is 2.02. The summed E-state index contributed by atoms with van der Waals surface area (Å²) < 4.78 is 0. The number of phenolic OH excluding ortho intramolecular Hbond substituents is 1. The normalized spacial score (nSPS) is 7.50. The molecule has 1 aromatic carbocycles. The van der Waals surface area contributed by atoms with Crippen LogP contribution in [-0.2, 0) is 0 Å². The molecule has 0 saturated heterocycles. The highest BCUT2D eigenvalue weighted by Gasteiger charge is 1.74. The third-order valence-corrected chi connectivity index (χ3v) is 0.756. The van der Waals surface area contributed by atoms with Crippen molar-refractivity contribution in [1.82, 2.24) is 0 Å². The van der Waals surface area contributed by atoms with Crippen LogP contribution < -0.4 is 0 Å². The Balaban J connectivity index is 0.000000490. The first-order valence-corrected chi connectivity index (χ1v) is 2.13. The molecule has 0 radical (unpaired) electrons. The van der Waals surface area contributed by atoms with E-state index in [2.05, 4.69) is 0 Å². The minimum Gasteiger partial charge on any atom is -0.508 e. The van der Waals surface area contributed by atoms with Crippen LogP contribution in [0.5, 0.6) is 5.75 Å². The van der Waals surface area contributed by atoms with Gasteiger partial charge in [-0.1, -0.05) is 18.2 Å². The Morgan fingerprint density at radius 1 is 1.00 bits per heavy atom. The molecule has 0 spiro atoms. The van der Waals surface area contributed by atoms with Crippen LogP contribution in [0.15, 0.2) is 30.3 Å². The molecule has 0 saturated carbocycles. The van der Waals surface area contributed by atoms with Gasteiger partial charge in [0.05, 0.1) is 0 Å². The van der Waals surface area contributed by atoms with Gasteiger partial charge in [-0.25, -0.2) is 0 Å². The third-order valence-electron chi connectivity index (χ3n) is 0.756. The molecule has 1 nitrogen and oxygen atoms in total. The van der Waals surface area contributed by atoms with E-state index in [1.165, 1.54) is 0 Å². The van der Waals surface area contributed by atoms with Crippen LogP contribution in [0, 0.1) is 0 Å². The first-order chi connectivity index (χ1) is 3.39. The fraction of sp³-hybridized carbons (Fsp3) is 0. The van der Waals surface area contributed by atoms with Crippen molar-refractivity contribution in [3.8, 4) is 5.75 Å². The molecule has 0 bridgehead atoms. The number of aromatic hydroxyl groups is 1. The van der Waals surface area contributed by atoms with Gasteiger partial charge >= 0.3 is 0 Å². The second-order valence-electron chi connectivity index (χ2n) is 1.34. The standard InChI is InChI=1S/C6H6O.HI/c7-6-4-2-1-3-5-6;/h1-5,7H;1H. The minimum atomic E-state index is 0. The van der Waals surface area contributed by atoms with Crippen LogP contribution in [0.2, 0.25) is 0 Å². The summed E-state index contributed by atoms with van der Waals surface area (Å²) in [7, 11) is 0. The van der Waals surface area contributed by atoms with Crippen molar-refractivity contribution in [1.29, 1.82) is 0 Å². The number of phenols is 1. The van der Waals surface area contributed by atoms with Gasteiger partial charge in [-0.3, -0.25) is 0 Å². The Morgan fingerprint density at radius 2 is 1.50 bits per heavy atom. The smallest absolute Gasteiger partial charge is 0.115 e. The molecule has 0 aliphatic carbocycles. The van der Waals surface area contributed by atoms with Crippen molar-refractivity contribution in [2.45, 2.75) is 0 Å². The van der Waals surface area contributed by atoms with E-state index in [-0.39, 0.29) is 24.0 Å². The lowest BCUT2D eigenvalue weighted by atomic mass is 10.3. The van der Waals surface area contributed by atoms with Crippen LogP contribution >= 0.6 is 24.0 Å². The Kier molecular flexibility index (Phi) is 3.60. The van der Waals surface area contributed by atoms with Crippen LogP contribution in [0.4, 0.5) is 0 Å². The summed E-state index contributed by atoms with van der Waals surface area (Å²) >= 11 is 0. The van der Waals surface area contributed by atoms with Crippen molar-refractivity contribution in [3.05, 3.63) is 30.3 Å². The van der Waals surface area contributed by atoms with Gasteiger partial charge in [0.2, 0.25) is 0 Å². The number of para-hydroxylation sites is 1. The SMILES string of the molecule is I.Oc1ccccc1. The fourth-order valence-electron chi connectivity index (χ4n) is 0.428. The molecule has 0 aromatic heterocycles. The van der Waals surface area contributed by atoms with Gasteiger partial charge in [-0.2, -0.15) is 0 Å². The minimum absolute atomic E-state index is 0. The molecule has 0 heterocycles. The zero-order chi connectivity index (χ0) is 5.11. The number of hydrogen-bond acceptors (Lipinski definition) is 1. The molecule has 44 valence electrons. The van der Waals surface area contributed by atoms with Crippen LogP contribution in [0.25, 0.3) is 0 Å². The predicted octanol–water partition coefficient (Wildman–Crippen LogP) is 2.01. The van der Waals surface area contributed by atoms with Gasteiger partial charge < -0.3 is 5.11 Å². The molecule has 0 aliphatic heterocycles. The third kappa shape index (κ3) is 2.16. The largest absolute Gasteiger partial charge is 0.508 e. The van der Waals surface area contributed by atoms with Gasteiger partial charge in [-0.05, 0) is 12.1 Å². The van der Waals surface area contributed by atoms with Gasteiger partial charge in [0.15, 0.2) is 0 Å². The lowest BCUT2D eigenvalue weighted by Gasteiger charge is -1.82. The van der Waals surface area contributed by atoms with Crippen LogP contribution in [0.3, 0.4) is 0 Å². The van der Waals surface area contributed by atoms with Crippen molar-refractivity contribution in [2.24, 2.45) is 0 Å². The zero-order valence-electron chi connectivity index (χ0n) is 4.24. The second kappa shape index (κ2) is 3.72. The van der Waals surface area contributed by atoms with E-state index >= 15 is 0 Å². The van der Waals surface area contributed by atoms with Crippen LogP contribution in [-0.4, -0.2) is 5.11 Å². The molecule has 0 unspecified atom stereocenters. The van der Waals surface area contributed by atoms with Crippen molar-refractivity contribution >= 4 is 24.0 Å². The Hall–Kier alpha value is -0.250. The molecule has 1 N–H and O–H groups in total. The van der Waals surface area contributed by atoms with E-state index in [9.17, 15) is 0 Å². The fourth-order valence-corrected chi connectivity index (χ4v) is 0.428. The molecule has 0 fully saturated rings. The van der Waals surface area contributed by atoms with Crippen molar-refractivity contribution < 1.29 is 5.11 Å². The summed E-state index contributed by atoms with van der Waals surface area (Å²) in [5.74, 6) is 0.322. The maximum absolute atomic E-state index is 8.63. The first kappa shape index (κ1) is 7.75. The Bertz CT molecular complexity index is 138. The van der Waals surface area contributed by atoms with Crippen molar-refractivity contribution in [2.75, 3.05) is 0 Å². The topological polar surface area (TPSA) is 20.2 Å². The molecule has 1 aromatic rings. The molecule has 8 heavy (non-hydrogen) atoms. The lowest BCUT2D eigenvalue weighted by Crippen LogP contribution is -1.56. The number of hydrogen-bond donors (Lipinski definition) is 1. The van der Waals surface area contributed by atoms with Gasteiger partial charge in [0.25, 0.3) is 0 Å². The van der Waals surface area contributed by atoms with Gasteiger partial charge in [-0.15, -0.1) is 24.0 Å². The molecule has 2 heteroatoms. The number of rotatable bonds is 0. The molecular formula is C6H7IO. The number of halogens is 1. The summed E-state index contributed by atoms with van der Waals surface area (Å²) in [6.45, 7) is 0. The lowest BCUT2D eigenvalue weighted by molar-refractivity contribution is 0.475. The Morgan fingerprint density at radius 3 is 1.75 bits per heavy atom. The Labute approximate surface area is 65.4 Å². The average Bonchev–Trinajstić information content (AvgIpc) is 1.69. The van der Waals surface area contributed by atoms with Crippen molar-refractivity contribution in [3.63, 3.8) is 0 Å². The summed E-state index contributed by atoms with van der Waals surface area (Å²) in [5, 5.41) is 8.63. The van der Waals surface area contributed by atoms with Gasteiger partial charge in [0, 0.05) is 0 Å². The predicted molar refractivity (Wildman–Crippen MR) is 43.5 cm³/mol. The monoisotopic (exact) mass is 222 g/mol. The van der Waals surface area contributed by atoms with E-state index in [0.717, 1.165) is 0 Å². The highest BCUT2D eigenvalue weighted by atomic mass is 127. The molecular weight excluding hydrogens is 215 g/mol. The maximum atomic E-state index is 8.63. The molecule has 0 amide bonds. The van der Waals surface area contributed by atoms with E-state index in [1.807, 2.05) is 6.07 Å². The summed E-state index contributed by atoms with van der Waals surface area (Å²) in [5.41, 5.74) is 0. The average molecular weight is 222 g/mol. The van der Waals surface area contributed by atoms with E-state index < -0.39 is 0 Å². The molecule has 0 atom stereocenters. The second-order valence-corrected chi connectivity index (χ2v) is 1.34. The zero-order valence-corrected chi connectivity index (χ0v) is 6.57. The molecule has 1 rings (SSSR count). The van der Waals surface area contributed by atoms with E-state index in [4.69, 9.17) is 5.11 Å². The first-order valence-electron chi connectivity index (χ1n) is 2.13. The summed E-state index contributed by atoms with van der Waals surface area (Å²) in [6.07, 6.45) is 0. The van der Waals surface area contributed by atoms with Gasteiger partial charge in [0.1, 0.15) is 5.75 Å². The quantitative estimate of drug-likeness (QED) is 0.665. The highest BCUT2D eigenvalue weighted by molar-refractivity contribution is 14.0. The maximum Gasteiger partial charge on any atom is 0.115 e. The number of benzene rings is 1. The van der Waals surface area contributed by atoms with E-state index in [0.29, 0.717) is 5.75 Å². The molecule has 0 aliphatic rings.